The molecule has 0 atom stereocenters. The van der Waals surface area contributed by atoms with Crippen molar-refractivity contribution in [1.82, 2.24) is 0 Å². The maximum Gasteiger partial charge on any atom is 0.264 e. The van der Waals surface area contributed by atoms with E-state index in [0.29, 0.717) is 33.5 Å². The van der Waals surface area contributed by atoms with Crippen LogP contribution in [0.4, 0.5) is 11.4 Å². The minimum absolute atomic E-state index is 0.0280. The summed E-state index contributed by atoms with van der Waals surface area (Å²) in [6.45, 7) is 1.73. The van der Waals surface area contributed by atoms with Gasteiger partial charge in [0.15, 0.2) is 0 Å². The van der Waals surface area contributed by atoms with Gasteiger partial charge in [-0.15, -0.1) is 0 Å². The fourth-order valence-corrected chi connectivity index (χ4v) is 4.56. The maximum atomic E-state index is 13.3. The van der Waals surface area contributed by atoms with Crippen LogP contribution in [-0.2, 0) is 10.0 Å². The number of carbonyl (C=O) groups excluding carboxylic acids is 1. The number of hydrogen-bond donors (Lipinski definition) is 1. The van der Waals surface area contributed by atoms with E-state index in [-0.39, 0.29) is 10.5 Å². The summed E-state index contributed by atoms with van der Waals surface area (Å²) in [4.78, 5) is 13.0. The van der Waals surface area contributed by atoms with E-state index >= 15 is 0 Å². The molecule has 0 aliphatic heterocycles. The molecule has 0 aromatic heterocycles. The van der Waals surface area contributed by atoms with Crippen molar-refractivity contribution in [3.05, 3.63) is 76.8 Å². The third kappa shape index (κ3) is 4.66. The number of rotatable bonds is 7. The number of sulfonamides is 1. The van der Waals surface area contributed by atoms with E-state index in [1.165, 1.54) is 33.4 Å². The Kier molecular flexibility index (Phi) is 6.96. The second kappa shape index (κ2) is 9.50. The van der Waals surface area contributed by atoms with Gasteiger partial charge in [0.2, 0.25) is 0 Å². The Morgan fingerprint density at radius 3 is 2.34 bits per heavy atom. The number of halogens is 1. The highest BCUT2D eigenvalue weighted by atomic mass is 35.5. The van der Waals surface area contributed by atoms with Crippen LogP contribution in [0.15, 0.2) is 65.6 Å². The smallest absolute Gasteiger partial charge is 0.264 e. The highest BCUT2D eigenvalue weighted by Gasteiger charge is 2.25. The van der Waals surface area contributed by atoms with E-state index in [0.717, 1.165) is 4.31 Å². The van der Waals surface area contributed by atoms with Crippen LogP contribution in [0.2, 0.25) is 5.02 Å². The predicted octanol–water partition coefficient (Wildman–Crippen LogP) is 4.74. The van der Waals surface area contributed by atoms with Crippen LogP contribution in [0.3, 0.4) is 0 Å². The van der Waals surface area contributed by atoms with Gasteiger partial charge in [-0.2, -0.15) is 0 Å². The number of methoxy groups -OCH3 is 2. The highest BCUT2D eigenvalue weighted by Crippen LogP contribution is 2.32. The van der Waals surface area contributed by atoms with Gasteiger partial charge >= 0.3 is 0 Å². The summed E-state index contributed by atoms with van der Waals surface area (Å²) in [5.74, 6) is 0.358. The largest absolute Gasteiger partial charge is 0.495 e. The van der Waals surface area contributed by atoms with Crippen molar-refractivity contribution in [2.75, 3.05) is 30.9 Å². The number of amides is 1. The molecule has 0 saturated carbocycles. The van der Waals surface area contributed by atoms with Crippen molar-refractivity contribution in [2.24, 2.45) is 0 Å². The molecule has 0 bridgehead atoms. The van der Waals surface area contributed by atoms with Crippen molar-refractivity contribution in [3.8, 4) is 11.5 Å². The lowest BCUT2D eigenvalue weighted by molar-refractivity contribution is 0.102. The summed E-state index contributed by atoms with van der Waals surface area (Å²) in [5.41, 5.74) is 1.58. The molecule has 3 aromatic carbocycles. The van der Waals surface area contributed by atoms with Gasteiger partial charge in [0.25, 0.3) is 15.9 Å². The highest BCUT2D eigenvalue weighted by molar-refractivity contribution is 7.92. The molecule has 168 valence electrons. The van der Waals surface area contributed by atoms with Crippen LogP contribution in [0.25, 0.3) is 0 Å². The standard InChI is InChI=1S/C23H23ClN2O5S/c1-15-9-11-17(32(28,29)26(2)20-7-5-6-8-22(20)31-4)14-18(15)23(27)25-19-13-16(24)10-12-21(19)30-3/h5-14H,1-4H3,(H,25,27). The fourth-order valence-electron chi connectivity index (χ4n) is 3.15. The number of benzene rings is 3. The van der Waals surface area contributed by atoms with E-state index in [9.17, 15) is 13.2 Å². The van der Waals surface area contributed by atoms with E-state index in [1.807, 2.05) is 0 Å². The van der Waals surface area contributed by atoms with Crippen molar-refractivity contribution in [1.29, 1.82) is 0 Å². The molecule has 0 radical (unpaired) electrons. The molecule has 0 fully saturated rings. The van der Waals surface area contributed by atoms with Crippen LogP contribution >= 0.6 is 11.6 Å². The molecule has 1 N–H and O–H groups in total. The third-order valence-electron chi connectivity index (χ3n) is 4.95. The van der Waals surface area contributed by atoms with Crippen LogP contribution in [-0.4, -0.2) is 35.6 Å². The zero-order valence-corrected chi connectivity index (χ0v) is 19.6. The topological polar surface area (TPSA) is 84.9 Å². The fraction of sp³-hybridized carbons (Fsp3) is 0.174. The summed E-state index contributed by atoms with van der Waals surface area (Å²) in [6.07, 6.45) is 0. The third-order valence-corrected chi connectivity index (χ3v) is 6.95. The predicted molar refractivity (Wildman–Crippen MR) is 126 cm³/mol. The lowest BCUT2D eigenvalue weighted by atomic mass is 10.1. The maximum absolute atomic E-state index is 13.3. The second-order valence-electron chi connectivity index (χ2n) is 6.92. The van der Waals surface area contributed by atoms with Gasteiger partial charge in [0.1, 0.15) is 11.5 Å². The van der Waals surface area contributed by atoms with E-state index in [4.69, 9.17) is 21.1 Å². The minimum atomic E-state index is -3.96. The van der Waals surface area contributed by atoms with E-state index in [2.05, 4.69) is 5.32 Å². The molecule has 0 heterocycles. The molecular formula is C23H23ClN2O5S. The average Bonchev–Trinajstić information content (AvgIpc) is 2.78. The molecule has 1 amide bonds. The van der Waals surface area contributed by atoms with Gasteiger partial charge in [0, 0.05) is 17.6 Å². The van der Waals surface area contributed by atoms with Crippen LogP contribution in [0.1, 0.15) is 15.9 Å². The molecule has 0 aliphatic rings. The Morgan fingerprint density at radius 2 is 1.66 bits per heavy atom. The molecule has 9 heteroatoms. The first-order valence-corrected chi connectivity index (χ1v) is 11.4. The summed E-state index contributed by atoms with van der Waals surface area (Å²) < 4.78 is 38.2. The van der Waals surface area contributed by atoms with Gasteiger partial charge in [0.05, 0.1) is 30.5 Å². The monoisotopic (exact) mass is 474 g/mol. The summed E-state index contributed by atoms with van der Waals surface area (Å²) in [5, 5.41) is 3.16. The zero-order valence-electron chi connectivity index (χ0n) is 18.0. The normalized spacial score (nSPS) is 11.0. The molecule has 7 nitrogen and oxygen atoms in total. The Hall–Kier alpha value is -3.23. The van der Waals surface area contributed by atoms with E-state index < -0.39 is 15.9 Å². The second-order valence-corrected chi connectivity index (χ2v) is 9.33. The van der Waals surface area contributed by atoms with Gasteiger partial charge in [-0.1, -0.05) is 29.8 Å². The van der Waals surface area contributed by atoms with Gasteiger partial charge in [-0.25, -0.2) is 8.42 Å². The number of hydrogen-bond acceptors (Lipinski definition) is 5. The molecule has 3 rings (SSSR count). The summed E-state index contributed by atoms with van der Waals surface area (Å²) in [6, 6.07) is 16.0. The van der Waals surface area contributed by atoms with Gasteiger partial charge < -0.3 is 14.8 Å². The molecule has 3 aromatic rings. The van der Waals surface area contributed by atoms with Crippen LogP contribution in [0.5, 0.6) is 11.5 Å². The number of nitrogens with zero attached hydrogens (tertiary/aromatic N) is 1. The summed E-state index contributed by atoms with van der Waals surface area (Å²) in [7, 11) is 0.419. The minimum Gasteiger partial charge on any atom is -0.495 e. The molecule has 0 unspecified atom stereocenters. The number of aryl methyl sites for hydroxylation is 1. The van der Waals surface area contributed by atoms with Crippen molar-refractivity contribution < 1.29 is 22.7 Å². The van der Waals surface area contributed by atoms with Crippen molar-refractivity contribution in [3.63, 3.8) is 0 Å². The van der Waals surface area contributed by atoms with Crippen LogP contribution in [0, 0.1) is 6.92 Å². The molecule has 32 heavy (non-hydrogen) atoms. The Morgan fingerprint density at radius 1 is 0.969 bits per heavy atom. The SMILES string of the molecule is COc1ccc(Cl)cc1NC(=O)c1cc(S(=O)(=O)N(C)c2ccccc2OC)ccc1C. The van der Waals surface area contributed by atoms with Crippen molar-refractivity contribution in [2.45, 2.75) is 11.8 Å². The molecular weight excluding hydrogens is 452 g/mol. The lowest BCUT2D eigenvalue weighted by Gasteiger charge is -2.22. The number of nitrogens with one attached hydrogen (secondary N) is 1. The first kappa shape index (κ1) is 23.4. The molecule has 0 saturated heterocycles. The molecule has 0 spiro atoms. The summed E-state index contributed by atoms with van der Waals surface area (Å²) >= 11 is 6.04. The van der Waals surface area contributed by atoms with E-state index in [1.54, 1.807) is 55.5 Å². The number of para-hydroxylation sites is 2. The van der Waals surface area contributed by atoms with Crippen molar-refractivity contribution >= 4 is 38.9 Å². The Bertz CT molecular complexity index is 1260. The first-order valence-electron chi connectivity index (χ1n) is 9.56. The number of anilines is 2. The number of ether oxygens (including phenoxy) is 2. The van der Waals surface area contributed by atoms with Gasteiger partial charge in [-0.05, 0) is 55.0 Å². The first-order chi connectivity index (χ1) is 15.2. The molecule has 0 aliphatic carbocycles. The average molecular weight is 475 g/mol. The Labute approximate surface area is 192 Å². The quantitative estimate of drug-likeness (QED) is 0.534. The lowest BCUT2D eigenvalue weighted by Crippen LogP contribution is -2.27. The van der Waals surface area contributed by atoms with Gasteiger partial charge in [-0.3, -0.25) is 9.10 Å². The van der Waals surface area contributed by atoms with Crippen LogP contribution < -0.4 is 19.1 Å². The Balaban J connectivity index is 1.98. The number of carbonyl (C=O) groups is 1. The zero-order chi connectivity index (χ0) is 23.5.